The second-order valence-corrected chi connectivity index (χ2v) is 6.56. The summed E-state index contributed by atoms with van der Waals surface area (Å²) in [5.74, 6) is -1.44. The van der Waals surface area contributed by atoms with Crippen LogP contribution in [0.15, 0.2) is 24.8 Å². The Labute approximate surface area is 134 Å². The molecule has 1 amide bonds. The number of ether oxygens (including phenoxy) is 1. The van der Waals surface area contributed by atoms with Gasteiger partial charge in [0.25, 0.3) is 0 Å². The van der Waals surface area contributed by atoms with Gasteiger partial charge in [-0.15, -0.1) is 11.6 Å². The molecule has 2 fully saturated rings. The van der Waals surface area contributed by atoms with E-state index in [-0.39, 0.29) is 17.7 Å². The Morgan fingerprint density at radius 2 is 2.36 bits per heavy atom. The van der Waals surface area contributed by atoms with E-state index in [9.17, 15) is 14.7 Å². The van der Waals surface area contributed by atoms with Gasteiger partial charge in [-0.2, -0.15) is 0 Å². The lowest BCUT2D eigenvalue weighted by Crippen LogP contribution is -2.80. The number of nitrogens with one attached hydrogen (secondary N) is 1. The fourth-order valence-electron chi connectivity index (χ4n) is 4.05. The maximum atomic E-state index is 12.3. The summed E-state index contributed by atoms with van der Waals surface area (Å²) in [6.07, 6.45) is 7.41. The minimum atomic E-state index is -1.44. The minimum Gasteiger partial charge on any atom is -0.449 e. The van der Waals surface area contributed by atoms with E-state index in [1.165, 1.54) is 6.08 Å². The zero-order valence-corrected chi connectivity index (χ0v) is 13.0. The normalized spacial score (nSPS) is 41.2. The summed E-state index contributed by atoms with van der Waals surface area (Å²) in [5.41, 5.74) is -2.64. The topological polar surface area (TPSA) is 75.6 Å². The average Bonchev–Trinajstić information content (AvgIpc) is 2.73. The third-order valence-corrected chi connectivity index (χ3v) is 5.41. The molecule has 0 aromatic carbocycles. The first-order valence-corrected chi connectivity index (χ1v) is 8.16. The Morgan fingerprint density at radius 1 is 1.59 bits per heavy atom. The van der Waals surface area contributed by atoms with Gasteiger partial charge in [-0.1, -0.05) is 18.7 Å². The van der Waals surface area contributed by atoms with Crippen LogP contribution in [0.4, 0.5) is 0 Å². The molecule has 0 aromatic rings. The van der Waals surface area contributed by atoms with Gasteiger partial charge in [-0.05, 0) is 31.8 Å². The van der Waals surface area contributed by atoms with Crippen molar-refractivity contribution in [1.82, 2.24) is 5.32 Å². The van der Waals surface area contributed by atoms with Crippen molar-refractivity contribution >= 4 is 23.5 Å². The van der Waals surface area contributed by atoms with E-state index in [1.54, 1.807) is 0 Å². The van der Waals surface area contributed by atoms with Gasteiger partial charge in [0.1, 0.15) is 0 Å². The fraction of sp³-hybridized carbons (Fsp3) is 0.625. The first kappa shape index (κ1) is 15.6. The first-order valence-electron chi connectivity index (χ1n) is 7.63. The number of alkyl halides is 1. The highest BCUT2D eigenvalue weighted by atomic mass is 35.5. The summed E-state index contributed by atoms with van der Waals surface area (Å²) in [5, 5.41) is 13.6. The molecule has 0 bridgehead atoms. The maximum Gasteiger partial charge on any atom is 0.340 e. The number of carbonyl (C=O) groups is 2. The zero-order chi connectivity index (χ0) is 16.0. The molecule has 120 valence electrons. The Balaban J connectivity index is 2.00. The minimum absolute atomic E-state index is 0.184. The van der Waals surface area contributed by atoms with Crippen LogP contribution in [-0.2, 0) is 14.3 Å². The van der Waals surface area contributed by atoms with E-state index in [2.05, 4.69) is 11.9 Å². The quantitative estimate of drug-likeness (QED) is 0.454. The summed E-state index contributed by atoms with van der Waals surface area (Å²) >= 11 is 5.78. The number of halogens is 1. The van der Waals surface area contributed by atoms with Gasteiger partial charge >= 0.3 is 5.97 Å². The summed E-state index contributed by atoms with van der Waals surface area (Å²) in [6, 6.07) is 0. The van der Waals surface area contributed by atoms with Crippen LogP contribution in [-0.4, -0.2) is 40.1 Å². The molecule has 2 heterocycles. The Morgan fingerprint density at radius 3 is 2.91 bits per heavy atom. The van der Waals surface area contributed by atoms with E-state index in [1.807, 2.05) is 12.2 Å². The maximum absolute atomic E-state index is 12.3. The van der Waals surface area contributed by atoms with Gasteiger partial charge < -0.3 is 15.2 Å². The molecule has 2 saturated heterocycles. The van der Waals surface area contributed by atoms with Gasteiger partial charge in [0.2, 0.25) is 11.4 Å². The third kappa shape index (κ3) is 1.75. The molecule has 0 spiro atoms. The lowest BCUT2D eigenvalue weighted by atomic mass is 9.63. The largest absolute Gasteiger partial charge is 0.449 e. The number of aliphatic hydroxyl groups is 1. The van der Waals surface area contributed by atoms with Crippen molar-refractivity contribution < 1.29 is 19.4 Å². The molecule has 5 nitrogen and oxygen atoms in total. The number of rotatable bonds is 5. The number of esters is 1. The van der Waals surface area contributed by atoms with Crippen LogP contribution in [0.25, 0.3) is 0 Å². The molecule has 1 aliphatic carbocycles. The molecule has 2 N–H and O–H groups in total. The average molecular weight is 326 g/mol. The molecule has 0 unspecified atom stereocenters. The van der Waals surface area contributed by atoms with Crippen molar-refractivity contribution in [2.45, 2.75) is 42.9 Å². The van der Waals surface area contributed by atoms with Crippen molar-refractivity contribution in [3.05, 3.63) is 24.8 Å². The summed E-state index contributed by atoms with van der Waals surface area (Å²) in [6.45, 7) is 3.75. The standard InChI is InChI=1S/C16H20ClNO4/c1-2-15-11(8-9-17)13(20)18-16(15,14(21)22-15)12(19)10-6-4-3-5-7-10/h2,4,6,10-12,19H,1,3,5,7-9H2,(H,18,20)/t10-,11+,12+,15+,16+/m1/s1. The molecular weight excluding hydrogens is 306 g/mol. The molecule has 0 saturated carbocycles. The van der Waals surface area contributed by atoms with Gasteiger partial charge in [0.15, 0.2) is 5.60 Å². The molecule has 5 atom stereocenters. The predicted octanol–water partition coefficient (Wildman–Crippen LogP) is 1.30. The van der Waals surface area contributed by atoms with Gasteiger partial charge in [-0.3, -0.25) is 4.79 Å². The Hall–Kier alpha value is -1.33. The highest BCUT2D eigenvalue weighted by molar-refractivity contribution is 6.18. The van der Waals surface area contributed by atoms with Crippen molar-refractivity contribution in [3.8, 4) is 0 Å². The summed E-state index contributed by atoms with van der Waals surface area (Å²) < 4.78 is 5.37. The summed E-state index contributed by atoms with van der Waals surface area (Å²) in [7, 11) is 0. The SMILES string of the molecule is C=C[C@@]12OC(=O)[C@]1([C@@H](O)[C@@H]1C=CCCC1)NC(=O)[C@@H]2CCCl. The second kappa shape index (κ2) is 5.39. The number of amides is 1. The molecule has 0 aromatic heterocycles. The van der Waals surface area contributed by atoms with E-state index in [0.717, 1.165) is 19.3 Å². The van der Waals surface area contributed by atoms with Crippen molar-refractivity contribution in [2.24, 2.45) is 11.8 Å². The molecule has 0 radical (unpaired) electrons. The van der Waals surface area contributed by atoms with E-state index < -0.39 is 29.1 Å². The van der Waals surface area contributed by atoms with E-state index in [4.69, 9.17) is 16.3 Å². The molecule has 22 heavy (non-hydrogen) atoms. The monoisotopic (exact) mass is 325 g/mol. The number of carbonyl (C=O) groups excluding carboxylic acids is 2. The summed E-state index contributed by atoms with van der Waals surface area (Å²) in [4.78, 5) is 24.6. The highest BCUT2D eigenvalue weighted by Gasteiger charge is 2.80. The molecule has 3 rings (SSSR count). The van der Waals surface area contributed by atoms with Crippen molar-refractivity contribution in [1.29, 1.82) is 0 Å². The lowest BCUT2D eigenvalue weighted by molar-refractivity contribution is -0.229. The number of aliphatic hydroxyl groups excluding tert-OH is 1. The van der Waals surface area contributed by atoms with Crippen LogP contribution in [0.1, 0.15) is 25.7 Å². The Kier molecular flexibility index (Phi) is 3.81. The van der Waals surface area contributed by atoms with Crippen molar-refractivity contribution in [2.75, 3.05) is 5.88 Å². The lowest BCUT2D eigenvalue weighted by Gasteiger charge is -2.54. The van der Waals surface area contributed by atoms with E-state index >= 15 is 0 Å². The third-order valence-electron chi connectivity index (χ3n) is 5.20. The van der Waals surface area contributed by atoms with Crippen molar-refractivity contribution in [3.63, 3.8) is 0 Å². The smallest absolute Gasteiger partial charge is 0.340 e. The number of fused-ring (bicyclic) bond motifs is 1. The number of allylic oxidation sites excluding steroid dienone is 1. The number of hydrogen-bond acceptors (Lipinski definition) is 4. The van der Waals surface area contributed by atoms with Crippen LogP contribution >= 0.6 is 11.6 Å². The fourth-order valence-corrected chi connectivity index (χ4v) is 4.26. The second-order valence-electron chi connectivity index (χ2n) is 6.18. The van der Waals surface area contributed by atoms with Crippen LogP contribution < -0.4 is 5.32 Å². The van der Waals surface area contributed by atoms with Gasteiger partial charge in [0.05, 0.1) is 12.0 Å². The van der Waals surface area contributed by atoms with Crippen LogP contribution in [0.5, 0.6) is 0 Å². The predicted molar refractivity (Wildman–Crippen MR) is 81.2 cm³/mol. The van der Waals surface area contributed by atoms with Crippen LogP contribution in [0.3, 0.4) is 0 Å². The van der Waals surface area contributed by atoms with Crippen LogP contribution in [0, 0.1) is 11.8 Å². The van der Waals surface area contributed by atoms with Crippen LogP contribution in [0.2, 0.25) is 0 Å². The zero-order valence-electron chi connectivity index (χ0n) is 12.3. The van der Waals surface area contributed by atoms with Gasteiger partial charge in [-0.25, -0.2) is 4.79 Å². The molecule has 3 aliphatic rings. The molecule has 6 heteroatoms. The Bertz CT molecular complexity index is 548. The van der Waals surface area contributed by atoms with E-state index in [0.29, 0.717) is 6.42 Å². The first-order chi connectivity index (χ1) is 10.5. The number of hydrogen-bond donors (Lipinski definition) is 2. The molecule has 2 aliphatic heterocycles. The van der Waals surface area contributed by atoms with Gasteiger partial charge in [0, 0.05) is 11.8 Å². The highest BCUT2D eigenvalue weighted by Crippen LogP contribution is 2.54. The molecular formula is C16H20ClNO4.